The fraction of sp³-hybridized carbons (Fsp3) is 0.571. The first-order chi connectivity index (χ1) is 7.55. The number of rotatable bonds is 6. The number of methoxy groups -OCH3 is 1. The van der Waals surface area contributed by atoms with Gasteiger partial charge >= 0.3 is 0 Å². The third kappa shape index (κ3) is 4.33. The minimum atomic E-state index is -0.0869. The Bertz CT molecular complexity index is 295. The Hall–Kier alpha value is -0.860. The SMILES string of the molecule is COC(C)(C)CNC[C@H](C)c1ccccc1. The van der Waals surface area contributed by atoms with Gasteiger partial charge in [-0.2, -0.15) is 0 Å². The molecular weight excluding hydrogens is 198 g/mol. The zero-order chi connectivity index (χ0) is 12.0. The van der Waals surface area contributed by atoms with Crippen LogP contribution in [0.5, 0.6) is 0 Å². The Morgan fingerprint density at radius 2 is 1.88 bits per heavy atom. The minimum Gasteiger partial charge on any atom is -0.377 e. The van der Waals surface area contributed by atoms with Crippen LogP contribution in [0.15, 0.2) is 30.3 Å². The van der Waals surface area contributed by atoms with Gasteiger partial charge in [0.05, 0.1) is 5.60 Å². The van der Waals surface area contributed by atoms with E-state index in [1.807, 2.05) is 0 Å². The lowest BCUT2D eigenvalue weighted by molar-refractivity contribution is 0.0232. The highest BCUT2D eigenvalue weighted by Crippen LogP contribution is 2.13. The molecule has 16 heavy (non-hydrogen) atoms. The fourth-order valence-electron chi connectivity index (χ4n) is 1.56. The minimum absolute atomic E-state index is 0.0869. The van der Waals surface area contributed by atoms with Crippen LogP contribution in [-0.4, -0.2) is 25.8 Å². The highest BCUT2D eigenvalue weighted by molar-refractivity contribution is 5.18. The summed E-state index contributed by atoms with van der Waals surface area (Å²) in [5.74, 6) is 0.536. The highest BCUT2D eigenvalue weighted by Gasteiger charge is 2.15. The van der Waals surface area contributed by atoms with Crippen molar-refractivity contribution in [2.45, 2.75) is 32.3 Å². The van der Waals surface area contributed by atoms with E-state index in [1.54, 1.807) is 7.11 Å². The lowest BCUT2D eigenvalue weighted by Gasteiger charge is -2.24. The summed E-state index contributed by atoms with van der Waals surface area (Å²) in [6.07, 6.45) is 0. The predicted molar refractivity (Wildman–Crippen MR) is 68.8 cm³/mol. The zero-order valence-electron chi connectivity index (χ0n) is 10.8. The molecule has 90 valence electrons. The first kappa shape index (κ1) is 13.2. The van der Waals surface area contributed by atoms with Crippen LogP contribution in [0.3, 0.4) is 0 Å². The second-order valence-corrected chi connectivity index (χ2v) is 4.91. The van der Waals surface area contributed by atoms with Crippen molar-refractivity contribution in [2.75, 3.05) is 20.2 Å². The van der Waals surface area contributed by atoms with E-state index in [4.69, 9.17) is 4.74 Å². The van der Waals surface area contributed by atoms with Gasteiger partial charge in [0.1, 0.15) is 0 Å². The Kier molecular flexibility index (Phi) is 4.97. The molecule has 0 aliphatic rings. The molecule has 0 fully saturated rings. The molecule has 0 amide bonds. The van der Waals surface area contributed by atoms with Gasteiger partial charge in [0, 0.05) is 20.2 Å². The van der Waals surface area contributed by atoms with E-state index in [1.165, 1.54) is 5.56 Å². The molecule has 1 atom stereocenters. The molecule has 2 heteroatoms. The van der Waals surface area contributed by atoms with Gasteiger partial charge in [-0.15, -0.1) is 0 Å². The molecule has 0 aromatic heterocycles. The van der Waals surface area contributed by atoms with Crippen molar-refractivity contribution < 1.29 is 4.74 Å². The standard InChI is InChI=1S/C14H23NO/c1-12(13-8-6-5-7-9-13)10-15-11-14(2,3)16-4/h5-9,12,15H,10-11H2,1-4H3/t12-/m0/s1. The lowest BCUT2D eigenvalue weighted by Crippen LogP contribution is -2.38. The van der Waals surface area contributed by atoms with Gasteiger partial charge in [-0.05, 0) is 25.3 Å². The van der Waals surface area contributed by atoms with Crippen molar-refractivity contribution in [3.63, 3.8) is 0 Å². The summed E-state index contributed by atoms with van der Waals surface area (Å²) >= 11 is 0. The summed E-state index contributed by atoms with van der Waals surface area (Å²) in [5, 5.41) is 3.45. The zero-order valence-corrected chi connectivity index (χ0v) is 10.8. The third-order valence-corrected chi connectivity index (χ3v) is 2.92. The van der Waals surface area contributed by atoms with E-state index in [9.17, 15) is 0 Å². The maximum Gasteiger partial charge on any atom is 0.0746 e. The predicted octanol–water partition coefficient (Wildman–Crippen LogP) is 2.80. The number of hydrogen-bond donors (Lipinski definition) is 1. The molecule has 1 aromatic rings. The number of hydrogen-bond acceptors (Lipinski definition) is 2. The average Bonchev–Trinajstić information content (AvgIpc) is 2.30. The summed E-state index contributed by atoms with van der Waals surface area (Å²) in [6, 6.07) is 10.6. The monoisotopic (exact) mass is 221 g/mol. The van der Waals surface area contributed by atoms with Crippen LogP contribution in [0.2, 0.25) is 0 Å². The Balaban J connectivity index is 2.34. The lowest BCUT2D eigenvalue weighted by atomic mass is 10.0. The maximum absolute atomic E-state index is 5.36. The van der Waals surface area contributed by atoms with Gasteiger partial charge in [-0.3, -0.25) is 0 Å². The second-order valence-electron chi connectivity index (χ2n) is 4.91. The van der Waals surface area contributed by atoms with Crippen LogP contribution in [0.1, 0.15) is 32.3 Å². The first-order valence-electron chi connectivity index (χ1n) is 5.86. The molecule has 1 rings (SSSR count). The molecule has 1 N–H and O–H groups in total. The van der Waals surface area contributed by atoms with Crippen molar-refractivity contribution >= 4 is 0 Å². The topological polar surface area (TPSA) is 21.3 Å². The molecule has 0 aliphatic carbocycles. The molecule has 0 heterocycles. The van der Waals surface area contributed by atoms with E-state index < -0.39 is 0 Å². The summed E-state index contributed by atoms with van der Waals surface area (Å²) in [7, 11) is 1.75. The molecule has 0 bridgehead atoms. The van der Waals surface area contributed by atoms with Gasteiger partial charge in [-0.1, -0.05) is 37.3 Å². The third-order valence-electron chi connectivity index (χ3n) is 2.92. The summed E-state index contributed by atoms with van der Waals surface area (Å²) in [5.41, 5.74) is 1.29. The summed E-state index contributed by atoms with van der Waals surface area (Å²) < 4.78 is 5.36. The van der Waals surface area contributed by atoms with Crippen LogP contribution in [0.25, 0.3) is 0 Å². The molecule has 0 saturated heterocycles. The van der Waals surface area contributed by atoms with Crippen molar-refractivity contribution in [2.24, 2.45) is 0 Å². The van der Waals surface area contributed by atoms with Crippen LogP contribution in [0, 0.1) is 0 Å². The van der Waals surface area contributed by atoms with Gasteiger partial charge in [0.15, 0.2) is 0 Å². The quantitative estimate of drug-likeness (QED) is 0.797. The normalized spacial score (nSPS) is 13.8. The van der Waals surface area contributed by atoms with Crippen LogP contribution in [0.4, 0.5) is 0 Å². The van der Waals surface area contributed by atoms with Gasteiger partial charge in [0.2, 0.25) is 0 Å². The largest absolute Gasteiger partial charge is 0.377 e. The van der Waals surface area contributed by atoms with E-state index in [2.05, 4.69) is 56.4 Å². The number of benzene rings is 1. The van der Waals surface area contributed by atoms with Crippen molar-refractivity contribution in [3.8, 4) is 0 Å². The number of nitrogens with one attached hydrogen (secondary N) is 1. The van der Waals surface area contributed by atoms with E-state index >= 15 is 0 Å². The number of ether oxygens (including phenoxy) is 1. The fourth-order valence-corrected chi connectivity index (χ4v) is 1.56. The average molecular weight is 221 g/mol. The van der Waals surface area contributed by atoms with Gasteiger partial charge < -0.3 is 10.1 Å². The highest BCUT2D eigenvalue weighted by atomic mass is 16.5. The van der Waals surface area contributed by atoms with Crippen LogP contribution < -0.4 is 5.32 Å². The molecular formula is C14H23NO. The molecule has 0 unspecified atom stereocenters. The van der Waals surface area contributed by atoms with Gasteiger partial charge in [0.25, 0.3) is 0 Å². The Morgan fingerprint density at radius 3 is 2.44 bits per heavy atom. The van der Waals surface area contributed by atoms with Crippen molar-refractivity contribution in [1.82, 2.24) is 5.32 Å². The molecule has 0 aliphatic heterocycles. The molecule has 0 saturated carbocycles. The Morgan fingerprint density at radius 1 is 1.25 bits per heavy atom. The van der Waals surface area contributed by atoms with Crippen LogP contribution >= 0.6 is 0 Å². The molecule has 0 spiro atoms. The molecule has 1 aromatic carbocycles. The second kappa shape index (κ2) is 6.02. The summed E-state index contributed by atoms with van der Waals surface area (Å²) in [6.45, 7) is 8.28. The first-order valence-corrected chi connectivity index (χ1v) is 5.86. The van der Waals surface area contributed by atoms with Gasteiger partial charge in [-0.25, -0.2) is 0 Å². The van der Waals surface area contributed by atoms with Crippen molar-refractivity contribution in [3.05, 3.63) is 35.9 Å². The smallest absolute Gasteiger partial charge is 0.0746 e. The van der Waals surface area contributed by atoms with Crippen LogP contribution in [-0.2, 0) is 4.74 Å². The Labute approximate surface area is 99.0 Å². The molecule has 0 radical (unpaired) electrons. The van der Waals surface area contributed by atoms with Crippen molar-refractivity contribution in [1.29, 1.82) is 0 Å². The van der Waals surface area contributed by atoms with E-state index in [-0.39, 0.29) is 5.60 Å². The maximum atomic E-state index is 5.36. The van der Waals surface area contributed by atoms with E-state index in [0.717, 1.165) is 13.1 Å². The molecule has 2 nitrogen and oxygen atoms in total. The van der Waals surface area contributed by atoms with E-state index in [0.29, 0.717) is 5.92 Å². The summed E-state index contributed by atoms with van der Waals surface area (Å²) in [4.78, 5) is 0.